The van der Waals surface area contributed by atoms with E-state index in [4.69, 9.17) is 5.73 Å². The number of rotatable bonds is 3. The first-order valence-corrected chi connectivity index (χ1v) is 6.47. The number of aliphatic imine (C=N–C) groups is 1. The molecule has 1 aliphatic heterocycles. The monoisotopic (exact) mass is 245 g/mol. The second-order valence-electron chi connectivity index (χ2n) is 5.49. The predicted molar refractivity (Wildman–Crippen MR) is 70.0 cm³/mol. The number of hydrogen-bond donors (Lipinski definition) is 1. The van der Waals surface area contributed by atoms with E-state index in [1.807, 2.05) is 6.92 Å². The van der Waals surface area contributed by atoms with Gasteiger partial charge in [-0.15, -0.1) is 0 Å². The zero-order chi connectivity index (χ0) is 12.8. The Morgan fingerprint density at radius 1 is 1.39 bits per heavy atom. The van der Waals surface area contributed by atoms with E-state index < -0.39 is 0 Å². The molecule has 96 valence electrons. The lowest BCUT2D eigenvalue weighted by molar-refractivity contribution is 0.209. The van der Waals surface area contributed by atoms with Gasteiger partial charge in [0.2, 0.25) is 0 Å². The van der Waals surface area contributed by atoms with Crippen LogP contribution in [0.3, 0.4) is 0 Å². The Balaban J connectivity index is 1.95. The van der Waals surface area contributed by atoms with Gasteiger partial charge in [-0.1, -0.05) is 0 Å². The van der Waals surface area contributed by atoms with E-state index in [2.05, 4.69) is 26.8 Å². The highest BCUT2D eigenvalue weighted by Crippen LogP contribution is 2.37. The van der Waals surface area contributed by atoms with Crippen LogP contribution < -0.4 is 5.73 Å². The first-order chi connectivity index (χ1) is 8.61. The average molecular weight is 245 g/mol. The van der Waals surface area contributed by atoms with Crippen LogP contribution in [-0.2, 0) is 5.54 Å². The molecule has 1 unspecified atom stereocenters. The van der Waals surface area contributed by atoms with Gasteiger partial charge < -0.3 is 10.6 Å². The fraction of sp³-hybridized carbons (Fsp3) is 0.615. The molecule has 1 aliphatic carbocycles. The Morgan fingerprint density at radius 2 is 2.11 bits per heavy atom. The van der Waals surface area contributed by atoms with Crippen molar-refractivity contribution in [3.8, 4) is 0 Å². The zero-order valence-corrected chi connectivity index (χ0v) is 10.9. The summed E-state index contributed by atoms with van der Waals surface area (Å²) in [5, 5.41) is 0. The molecule has 2 N–H and O–H groups in total. The lowest BCUT2D eigenvalue weighted by Crippen LogP contribution is -2.49. The van der Waals surface area contributed by atoms with E-state index in [1.54, 1.807) is 12.4 Å². The first kappa shape index (κ1) is 11.4. The minimum atomic E-state index is -0.231. The number of aromatic nitrogens is 2. The van der Waals surface area contributed by atoms with Gasteiger partial charge in [0.05, 0.1) is 17.9 Å². The third-order valence-corrected chi connectivity index (χ3v) is 3.95. The van der Waals surface area contributed by atoms with Gasteiger partial charge in [0.1, 0.15) is 5.54 Å². The molecule has 5 nitrogen and oxygen atoms in total. The zero-order valence-electron chi connectivity index (χ0n) is 10.9. The number of nitrogens with zero attached hydrogens (tertiary/aromatic N) is 4. The minimum absolute atomic E-state index is 0.231. The summed E-state index contributed by atoms with van der Waals surface area (Å²) in [4.78, 5) is 15.5. The maximum atomic E-state index is 6.05. The van der Waals surface area contributed by atoms with Crippen molar-refractivity contribution >= 4 is 5.96 Å². The molecule has 1 fully saturated rings. The fourth-order valence-corrected chi connectivity index (χ4v) is 2.65. The van der Waals surface area contributed by atoms with E-state index in [9.17, 15) is 0 Å². The Labute approximate surface area is 107 Å². The lowest BCUT2D eigenvalue weighted by Gasteiger charge is -2.36. The molecular weight excluding hydrogens is 226 g/mol. The van der Waals surface area contributed by atoms with Crippen LogP contribution in [0.4, 0.5) is 0 Å². The molecule has 5 heteroatoms. The summed E-state index contributed by atoms with van der Waals surface area (Å²) >= 11 is 0. The van der Waals surface area contributed by atoms with Gasteiger partial charge in [-0.3, -0.25) is 15.0 Å². The quantitative estimate of drug-likeness (QED) is 0.864. The molecular formula is C13H19N5. The Hall–Kier alpha value is -1.65. The van der Waals surface area contributed by atoms with Crippen LogP contribution in [0.1, 0.15) is 31.2 Å². The van der Waals surface area contributed by atoms with Crippen LogP contribution in [0.15, 0.2) is 17.4 Å². The van der Waals surface area contributed by atoms with E-state index in [0.29, 0.717) is 12.5 Å². The SMILES string of the molecule is Cc1nccnc1C1(C)CN=C(N)N1CC1CC1. The molecule has 0 bridgehead atoms. The van der Waals surface area contributed by atoms with Gasteiger partial charge in [-0.05, 0) is 32.6 Å². The van der Waals surface area contributed by atoms with E-state index in [1.165, 1.54) is 12.8 Å². The van der Waals surface area contributed by atoms with Gasteiger partial charge in [0, 0.05) is 18.9 Å². The Morgan fingerprint density at radius 3 is 2.78 bits per heavy atom. The van der Waals surface area contributed by atoms with Crippen LogP contribution in [0.5, 0.6) is 0 Å². The van der Waals surface area contributed by atoms with Crippen molar-refractivity contribution in [1.29, 1.82) is 0 Å². The molecule has 2 heterocycles. The van der Waals surface area contributed by atoms with Crippen LogP contribution in [0.25, 0.3) is 0 Å². The molecule has 1 saturated carbocycles. The number of hydrogen-bond acceptors (Lipinski definition) is 5. The smallest absolute Gasteiger partial charge is 0.192 e. The number of nitrogens with two attached hydrogens (primary N) is 1. The van der Waals surface area contributed by atoms with Crippen molar-refractivity contribution in [3.05, 3.63) is 23.8 Å². The standard InChI is InChI=1S/C13H19N5/c1-9-11(16-6-5-15-9)13(2)8-17-12(14)18(13)7-10-3-4-10/h5-6,10H,3-4,7-8H2,1-2H3,(H2,14,17). The van der Waals surface area contributed by atoms with Crippen molar-refractivity contribution in [2.75, 3.05) is 13.1 Å². The summed E-state index contributed by atoms with van der Waals surface area (Å²) < 4.78 is 0. The highest BCUT2D eigenvalue weighted by atomic mass is 15.4. The van der Waals surface area contributed by atoms with E-state index in [-0.39, 0.29) is 5.54 Å². The summed E-state index contributed by atoms with van der Waals surface area (Å²) in [7, 11) is 0. The predicted octanol–water partition coefficient (Wildman–Crippen LogP) is 1.04. The van der Waals surface area contributed by atoms with Crippen LogP contribution in [0.2, 0.25) is 0 Å². The van der Waals surface area contributed by atoms with Crippen LogP contribution in [0, 0.1) is 12.8 Å². The van der Waals surface area contributed by atoms with E-state index >= 15 is 0 Å². The van der Waals surface area contributed by atoms with Gasteiger partial charge in [-0.2, -0.15) is 0 Å². The number of guanidine groups is 1. The normalized spacial score (nSPS) is 27.4. The van der Waals surface area contributed by atoms with Crippen LogP contribution >= 0.6 is 0 Å². The molecule has 0 saturated heterocycles. The topological polar surface area (TPSA) is 67.4 Å². The van der Waals surface area contributed by atoms with Gasteiger partial charge >= 0.3 is 0 Å². The first-order valence-electron chi connectivity index (χ1n) is 6.47. The number of aryl methyl sites for hydroxylation is 1. The second kappa shape index (κ2) is 3.93. The van der Waals surface area contributed by atoms with Gasteiger partial charge in [0.15, 0.2) is 5.96 Å². The maximum Gasteiger partial charge on any atom is 0.192 e. The average Bonchev–Trinajstić information content (AvgIpc) is 3.12. The van der Waals surface area contributed by atoms with Gasteiger partial charge in [0.25, 0.3) is 0 Å². The third-order valence-electron chi connectivity index (χ3n) is 3.95. The van der Waals surface area contributed by atoms with Crippen LogP contribution in [-0.4, -0.2) is 33.9 Å². The molecule has 0 amide bonds. The largest absolute Gasteiger partial charge is 0.370 e. The molecule has 2 aliphatic rings. The molecule has 1 aromatic heterocycles. The molecule has 1 aromatic rings. The maximum absolute atomic E-state index is 6.05. The molecule has 3 rings (SSSR count). The minimum Gasteiger partial charge on any atom is -0.370 e. The Kier molecular flexibility index (Phi) is 2.50. The molecule has 1 atom stereocenters. The second-order valence-corrected chi connectivity index (χ2v) is 5.49. The summed E-state index contributed by atoms with van der Waals surface area (Å²) in [6.45, 7) is 5.82. The molecule has 0 aromatic carbocycles. The lowest BCUT2D eigenvalue weighted by atomic mass is 9.94. The van der Waals surface area contributed by atoms with Crippen molar-refractivity contribution in [1.82, 2.24) is 14.9 Å². The van der Waals surface area contributed by atoms with Crippen molar-refractivity contribution < 1.29 is 0 Å². The van der Waals surface area contributed by atoms with Gasteiger partial charge in [-0.25, -0.2) is 0 Å². The third kappa shape index (κ3) is 1.74. The Bertz CT molecular complexity index is 494. The van der Waals surface area contributed by atoms with Crippen molar-refractivity contribution in [2.45, 2.75) is 32.2 Å². The summed E-state index contributed by atoms with van der Waals surface area (Å²) in [5.74, 6) is 1.42. The van der Waals surface area contributed by atoms with E-state index in [0.717, 1.165) is 23.9 Å². The summed E-state index contributed by atoms with van der Waals surface area (Å²) in [6, 6.07) is 0. The van der Waals surface area contributed by atoms with Crippen molar-refractivity contribution in [2.24, 2.45) is 16.6 Å². The summed E-state index contributed by atoms with van der Waals surface area (Å²) in [6.07, 6.45) is 6.09. The highest BCUT2D eigenvalue weighted by Gasteiger charge is 2.43. The molecule has 0 spiro atoms. The molecule has 0 radical (unpaired) electrons. The highest BCUT2D eigenvalue weighted by molar-refractivity contribution is 5.81. The van der Waals surface area contributed by atoms with Crippen molar-refractivity contribution in [3.63, 3.8) is 0 Å². The molecule has 18 heavy (non-hydrogen) atoms. The summed E-state index contributed by atoms with van der Waals surface area (Å²) in [5.41, 5.74) is 7.77. The fourth-order valence-electron chi connectivity index (χ4n) is 2.65.